The minimum atomic E-state index is 0.110. The van der Waals surface area contributed by atoms with Crippen LogP contribution in [0.15, 0.2) is 48.5 Å². The molecule has 0 unspecified atom stereocenters. The first-order chi connectivity index (χ1) is 21.9. The molecule has 0 bridgehead atoms. The zero-order valence-corrected chi connectivity index (χ0v) is 29.1. The van der Waals surface area contributed by atoms with Gasteiger partial charge in [0.25, 0.3) is 0 Å². The number of aromatic hydroxyl groups is 4. The third kappa shape index (κ3) is 8.46. The predicted octanol–water partition coefficient (Wildman–Crippen LogP) is 10.8. The number of rotatable bonds is 14. The molecular formula is C42H54O4. The van der Waals surface area contributed by atoms with E-state index in [1.54, 1.807) is 0 Å². The van der Waals surface area contributed by atoms with Crippen molar-refractivity contribution < 1.29 is 20.4 Å². The van der Waals surface area contributed by atoms with Gasteiger partial charge in [-0.15, -0.1) is 0 Å². The van der Waals surface area contributed by atoms with Crippen LogP contribution in [0.2, 0.25) is 0 Å². The second-order valence-electron chi connectivity index (χ2n) is 13.7. The van der Waals surface area contributed by atoms with Crippen LogP contribution in [-0.2, 0) is 12.8 Å². The van der Waals surface area contributed by atoms with E-state index in [2.05, 4.69) is 31.2 Å². The average molecular weight is 623 g/mol. The van der Waals surface area contributed by atoms with Crippen LogP contribution in [0.5, 0.6) is 23.0 Å². The predicted molar refractivity (Wildman–Crippen MR) is 191 cm³/mol. The van der Waals surface area contributed by atoms with Gasteiger partial charge in [0.15, 0.2) is 0 Å². The van der Waals surface area contributed by atoms with Gasteiger partial charge in [-0.3, -0.25) is 0 Å². The molecule has 0 amide bonds. The van der Waals surface area contributed by atoms with Gasteiger partial charge in [-0.25, -0.2) is 0 Å². The van der Waals surface area contributed by atoms with Crippen LogP contribution in [-0.4, -0.2) is 20.4 Å². The zero-order chi connectivity index (χ0) is 33.5. The van der Waals surface area contributed by atoms with Gasteiger partial charge in [-0.05, 0) is 115 Å². The quantitative estimate of drug-likeness (QED) is 0.105. The van der Waals surface area contributed by atoms with Gasteiger partial charge in [-0.1, -0.05) is 100 Å². The Morgan fingerprint density at radius 1 is 0.435 bits per heavy atom. The molecule has 0 spiro atoms. The Bertz CT molecular complexity index is 1500. The summed E-state index contributed by atoms with van der Waals surface area (Å²) < 4.78 is 0. The van der Waals surface area contributed by atoms with Gasteiger partial charge in [0, 0.05) is 18.8 Å². The highest BCUT2D eigenvalue weighted by molar-refractivity contribution is 5.53. The molecule has 0 saturated carbocycles. The molecule has 0 aromatic heterocycles. The van der Waals surface area contributed by atoms with Crippen molar-refractivity contribution in [1.29, 1.82) is 0 Å². The normalized spacial score (nSPS) is 11.5. The van der Waals surface area contributed by atoms with Crippen LogP contribution >= 0.6 is 0 Å². The van der Waals surface area contributed by atoms with E-state index >= 15 is 0 Å². The molecule has 4 aromatic carbocycles. The maximum Gasteiger partial charge on any atom is 0.122 e. The summed E-state index contributed by atoms with van der Waals surface area (Å²) in [5, 5.41) is 43.0. The van der Waals surface area contributed by atoms with Crippen molar-refractivity contribution in [3.05, 3.63) is 115 Å². The lowest BCUT2D eigenvalue weighted by atomic mass is 9.82. The molecule has 0 saturated heterocycles. The summed E-state index contributed by atoms with van der Waals surface area (Å²) in [4.78, 5) is 0. The standard InChI is InChI=1S/C42H54O4/c1-8-9-10-11-12-13-14-15-38(34-20-30(6)41(45)36(24-34)22-32-16-26(2)39(43)27(3)17-32)35-21-31(7)42(46)37(25-35)23-33-18-28(4)40(44)29(5)19-33/h16-21,24-25,38,43-46H,8-15,22-23H2,1-7H3. The summed E-state index contributed by atoms with van der Waals surface area (Å²) in [6.07, 6.45) is 10.8. The van der Waals surface area contributed by atoms with Crippen molar-refractivity contribution in [3.8, 4) is 23.0 Å². The van der Waals surface area contributed by atoms with Crippen molar-refractivity contribution in [1.82, 2.24) is 0 Å². The highest BCUT2D eigenvalue weighted by Gasteiger charge is 2.21. The third-order valence-corrected chi connectivity index (χ3v) is 9.60. The van der Waals surface area contributed by atoms with Gasteiger partial charge >= 0.3 is 0 Å². The molecular weight excluding hydrogens is 568 g/mol. The molecule has 0 fully saturated rings. The molecule has 4 N–H and O–H groups in total. The summed E-state index contributed by atoms with van der Waals surface area (Å²) in [5.41, 5.74) is 11.3. The van der Waals surface area contributed by atoms with E-state index in [1.807, 2.05) is 65.8 Å². The Kier molecular flexibility index (Phi) is 11.8. The largest absolute Gasteiger partial charge is 0.507 e. The fourth-order valence-corrected chi connectivity index (χ4v) is 7.00. The van der Waals surface area contributed by atoms with Crippen LogP contribution in [0, 0.1) is 41.5 Å². The van der Waals surface area contributed by atoms with Crippen LogP contribution in [0.4, 0.5) is 0 Å². The molecule has 0 radical (unpaired) electrons. The first-order valence-corrected chi connectivity index (χ1v) is 17.1. The Balaban J connectivity index is 1.73. The molecule has 0 aliphatic heterocycles. The average Bonchev–Trinajstić information content (AvgIpc) is 3.00. The molecule has 4 heteroatoms. The highest BCUT2D eigenvalue weighted by Crippen LogP contribution is 2.39. The second-order valence-corrected chi connectivity index (χ2v) is 13.7. The van der Waals surface area contributed by atoms with Gasteiger partial charge in [0.05, 0.1) is 0 Å². The molecule has 46 heavy (non-hydrogen) atoms. The zero-order valence-electron chi connectivity index (χ0n) is 29.1. The van der Waals surface area contributed by atoms with Crippen molar-refractivity contribution in [2.45, 2.75) is 119 Å². The topological polar surface area (TPSA) is 80.9 Å². The van der Waals surface area contributed by atoms with Crippen molar-refractivity contribution >= 4 is 0 Å². The van der Waals surface area contributed by atoms with E-state index < -0.39 is 0 Å². The number of aryl methyl sites for hydroxylation is 6. The lowest BCUT2D eigenvalue weighted by molar-refractivity contribution is 0.463. The molecule has 0 aliphatic carbocycles. The molecule has 4 nitrogen and oxygen atoms in total. The van der Waals surface area contributed by atoms with Crippen molar-refractivity contribution in [3.63, 3.8) is 0 Å². The van der Waals surface area contributed by atoms with Crippen LogP contribution in [0.25, 0.3) is 0 Å². The lowest BCUT2D eigenvalue weighted by Crippen LogP contribution is -2.06. The summed E-state index contributed by atoms with van der Waals surface area (Å²) in [7, 11) is 0. The number of phenols is 4. The Morgan fingerprint density at radius 2 is 0.783 bits per heavy atom. The summed E-state index contributed by atoms with van der Waals surface area (Å²) in [6.45, 7) is 13.9. The lowest BCUT2D eigenvalue weighted by Gasteiger charge is -2.23. The summed E-state index contributed by atoms with van der Waals surface area (Å²) in [6, 6.07) is 16.6. The molecule has 0 aliphatic rings. The molecule has 246 valence electrons. The first kappa shape index (κ1) is 34.9. The van der Waals surface area contributed by atoms with Gasteiger partial charge in [0.1, 0.15) is 23.0 Å². The fourth-order valence-electron chi connectivity index (χ4n) is 7.00. The van der Waals surface area contributed by atoms with Gasteiger partial charge in [0.2, 0.25) is 0 Å². The third-order valence-electron chi connectivity index (χ3n) is 9.60. The van der Waals surface area contributed by atoms with E-state index in [9.17, 15) is 20.4 Å². The minimum absolute atomic E-state index is 0.110. The number of phenolic OH excluding ortho intramolecular Hbond substituents is 4. The monoisotopic (exact) mass is 622 g/mol. The Morgan fingerprint density at radius 3 is 1.17 bits per heavy atom. The first-order valence-electron chi connectivity index (χ1n) is 17.1. The van der Waals surface area contributed by atoms with Gasteiger partial charge < -0.3 is 20.4 Å². The van der Waals surface area contributed by atoms with Crippen LogP contribution < -0.4 is 0 Å². The van der Waals surface area contributed by atoms with Crippen molar-refractivity contribution in [2.24, 2.45) is 0 Å². The maximum atomic E-state index is 11.2. The van der Waals surface area contributed by atoms with E-state index in [-0.39, 0.29) is 5.92 Å². The van der Waals surface area contributed by atoms with Gasteiger partial charge in [-0.2, -0.15) is 0 Å². The Labute approximate surface area is 276 Å². The van der Waals surface area contributed by atoms with E-state index in [1.165, 1.54) is 49.7 Å². The number of unbranched alkanes of at least 4 members (excludes halogenated alkanes) is 6. The van der Waals surface area contributed by atoms with Crippen LogP contribution in [0.3, 0.4) is 0 Å². The summed E-state index contributed by atoms with van der Waals surface area (Å²) >= 11 is 0. The maximum absolute atomic E-state index is 11.2. The smallest absolute Gasteiger partial charge is 0.122 e. The number of hydrogen-bond donors (Lipinski definition) is 4. The summed E-state index contributed by atoms with van der Waals surface area (Å²) in [5.74, 6) is 1.40. The van der Waals surface area contributed by atoms with E-state index in [4.69, 9.17) is 0 Å². The molecule has 0 heterocycles. The molecule has 0 atom stereocenters. The number of hydrogen-bond acceptors (Lipinski definition) is 4. The van der Waals surface area contributed by atoms with E-state index in [0.717, 1.165) is 68.5 Å². The number of benzene rings is 4. The molecule has 4 aromatic rings. The minimum Gasteiger partial charge on any atom is -0.507 e. The van der Waals surface area contributed by atoms with Crippen molar-refractivity contribution in [2.75, 3.05) is 0 Å². The highest BCUT2D eigenvalue weighted by atomic mass is 16.3. The van der Waals surface area contributed by atoms with E-state index in [0.29, 0.717) is 35.8 Å². The molecule has 4 rings (SSSR count). The SMILES string of the molecule is CCCCCCCCCC(c1cc(C)c(O)c(Cc2cc(C)c(O)c(C)c2)c1)c1cc(C)c(O)c(Cc2cc(C)c(O)c(C)c2)c1. The second kappa shape index (κ2) is 15.6. The fraction of sp³-hybridized carbons (Fsp3) is 0.429. The Hall–Kier alpha value is -3.92. The van der Waals surface area contributed by atoms with Crippen LogP contribution in [0.1, 0.15) is 131 Å².